The maximum Gasteiger partial charge on any atom is 0.185 e. The minimum absolute atomic E-state index is 0.0139. The SMILES string of the molecule is CCn1ncc(C=CC(=O)c2ccc(I)cc2)c1C. The number of carbonyl (C=O) groups excluding carboxylic acids is 1. The van der Waals surface area contributed by atoms with Crippen molar-refractivity contribution in [3.8, 4) is 0 Å². The lowest BCUT2D eigenvalue weighted by molar-refractivity contribution is 0.104. The van der Waals surface area contributed by atoms with E-state index in [1.54, 1.807) is 12.3 Å². The molecule has 19 heavy (non-hydrogen) atoms. The largest absolute Gasteiger partial charge is 0.289 e. The molecule has 0 aliphatic carbocycles. The fourth-order valence-electron chi connectivity index (χ4n) is 1.82. The molecule has 1 aromatic carbocycles. The van der Waals surface area contributed by atoms with Crippen LogP contribution in [0.2, 0.25) is 0 Å². The van der Waals surface area contributed by atoms with Gasteiger partial charge in [0.05, 0.1) is 6.20 Å². The number of allylic oxidation sites excluding steroid dienone is 1. The fourth-order valence-corrected chi connectivity index (χ4v) is 2.18. The lowest BCUT2D eigenvalue weighted by Gasteiger charge is -1.99. The lowest BCUT2D eigenvalue weighted by Crippen LogP contribution is -1.98. The Morgan fingerprint density at radius 1 is 1.37 bits per heavy atom. The lowest BCUT2D eigenvalue weighted by atomic mass is 10.1. The Labute approximate surface area is 126 Å². The molecule has 0 saturated carbocycles. The van der Waals surface area contributed by atoms with Crippen LogP contribution < -0.4 is 0 Å². The third-order valence-corrected chi connectivity index (χ3v) is 3.70. The van der Waals surface area contributed by atoms with Crippen LogP contribution in [-0.4, -0.2) is 15.6 Å². The molecule has 4 heteroatoms. The summed E-state index contributed by atoms with van der Waals surface area (Å²) in [4.78, 5) is 12.0. The molecule has 0 unspecified atom stereocenters. The molecule has 0 saturated heterocycles. The zero-order chi connectivity index (χ0) is 13.8. The second-order valence-corrected chi connectivity index (χ2v) is 5.45. The van der Waals surface area contributed by atoms with E-state index in [9.17, 15) is 4.79 Å². The Morgan fingerprint density at radius 3 is 2.63 bits per heavy atom. The zero-order valence-corrected chi connectivity index (χ0v) is 13.1. The van der Waals surface area contributed by atoms with Crippen LogP contribution in [0, 0.1) is 10.5 Å². The number of hydrogen-bond acceptors (Lipinski definition) is 2. The molecule has 0 N–H and O–H groups in total. The topological polar surface area (TPSA) is 34.9 Å². The van der Waals surface area contributed by atoms with Crippen molar-refractivity contribution in [3.05, 3.63) is 56.9 Å². The average Bonchev–Trinajstić information content (AvgIpc) is 2.77. The Bertz CT molecular complexity index is 612. The summed E-state index contributed by atoms with van der Waals surface area (Å²) in [7, 11) is 0. The summed E-state index contributed by atoms with van der Waals surface area (Å²) in [5.41, 5.74) is 2.77. The highest BCUT2D eigenvalue weighted by Gasteiger charge is 2.04. The van der Waals surface area contributed by atoms with Crippen LogP contribution in [0.5, 0.6) is 0 Å². The quantitative estimate of drug-likeness (QED) is 0.470. The number of nitrogens with zero attached hydrogens (tertiary/aromatic N) is 2. The van der Waals surface area contributed by atoms with Crippen LogP contribution in [0.1, 0.15) is 28.5 Å². The van der Waals surface area contributed by atoms with E-state index in [4.69, 9.17) is 0 Å². The first-order valence-corrected chi connectivity index (χ1v) is 7.20. The molecule has 0 atom stereocenters. The summed E-state index contributed by atoms with van der Waals surface area (Å²) >= 11 is 2.22. The smallest absolute Gasteiger partial charge is 0.185 e. The molecule has 0 spiro atoms. The molecule has 1 heterocycles. The number of halogens is 1. The monoisotopic (exact) mass is 366 g/mol. The minimum atomic E-state index is 0.0139. The molecule has 2 aromatic rings. The van der Waals surface area contributed by atoms with E-state index >= 15 is 0 Å². The maximum absolute atomic E-state index is 12.0. The zero-order valence-electron chi connectivity index (χ0n) is 10.9. The molecule has 3 nitrogen and oxygen atoms in total. The van der Waals surface area contributed by atoms with Gasteiger partial charge in [-0.25, -0.2) is 0 Å². The molecule has 0 fully saturated rings. The van der Waals surface area contributed by atoms with E-state index in [-0.39, 0.29) is 5.78 Å². The summed E-state index contributed by atoms with van der Waals surface area (Å²) < 4.78 is 3.04. The molecule has 1 aromatic heterocycles. The molecule has 0 amide bonds. The van der Waals surface area contributed by atoms with E-state index in [1.165, 1.54) is 0 Å². The molecule has 0 bridgehead atoms. The van der Waals surface area contributed by atoms with Gasteiger partial charge >= 0.3 is 0 Å². The maximum atomic E-state index is 12.0. The van der Waals surface area contributed by atoms with Gasteiger partial charge in [0.2, 0.25) is 0 Å². The molecule has 0 radical (unpaired) electrons. The van der Waals surface area contributed by atoms with Crippen LogP contribution in [0.4, 0.5) is 0 Å². The molecule has 2 rings (SSSR count). The third-order valence-electron chi connectivity index (χ3n) is 2.98. The second kappa shape index (κ2) is 6.14. The van der Waals surface area contributed by atoms with Gasteiger partial charge in [0.25, 0.3) is 0 Å². The highest BCUT2D eigenvalue weighted by Crippen LogP contribution is 2.11. The molecular weight excluding hydrogens is 351 g/mol. The van der Waals surface area contributed by atoms with E-state index in [0.717, 1.165) is 21.4 Å². The van der Waals surface area contributed by atoms with Gasteiger partial charge in [-0.2, -0.15) is 5.10 Å². The van der Waals surface area contributed by atoms with Gasteiger partial charge in [0.1, 0.15) is 0 Å². The van der Waals surface area contributed by atoms with Crippen LogP contribution in [0.25, 0.3) is 6.08 Å². The Kier molecular flexibility index (Phi) is 4.52. The van der Waals surface area contributed by atoms with Gasteiger partial charge in [-0.1, -0.05) is 12.1 Å². The number of hydrogen-bond donors (Lipinski definition) is 0. The van der Waals surface area contributed by atoms with Crippen LogP contribution in [0.15, 0.2) is 36.5 Å². The van der Waals surface area contributed by atoms with E-state index in [0.29, 0.717) is 5.56 Å². The summed E-state index contributed by atoms with van der Waals surface area (Å²) in [5, 5.41) is 4.25. The van der Waals surface area contributed by atoms with Crippen molar-refractivity contribution in [1.29, 1.82) is 0 Å². The first-order valence-electron chi connectivity index (χ1n) is 6.12. The molecule has 0 aliphatic rings. The first kappa shape index (κ1) is 14.0. The molecule has 0 aliphatic heterocycles. The van der Waals surface area contributed by atoms with Gasteiger partial charge in [0, 0.05) is 26.9 Å². The number of aryl methyl sites for hydroxylation is 1. The predicted molar refractivity (Wildman–Crippen MR) is 85.2 cm³/mol. The van der Waals surface area contributed by atoms with Gasteiger partial charge < -0.3 is 0 Å². The normalized spacial score (nSPS) is 11.1. The Hall–Kier alpha value is -1.43. The number of benzene rings is 1. The number of carbonyl (C=O) groups is 1. The van der Waals surface area contributed by atoms with Crippen molar-refractivity contribution in [2.45, 2.75) is 20.4 Å². The average molecular weight is 366 g/mol. The van der Waals surface area contributed by atoms with Crippen molar-refractivity contribution < 1.29 is 4.79 Å². The first-order chi connectivity index (χ1) is 9.11. The Morgan fingerprint density at radius 2 is 2.05 bits per heavy atom. The van der Waals surface area contributed by atoms with Gasteiger partial charge in [0.15, 0.2) is 5.78 Å². The van der Waals surface area contributed by atoms with Gasteiger partial charge in [-0.3, -0.25) is 9.48 Å². The minimum Gasteiger partial charge on any atom is -0.289 e. The Balaban J connectivity index is 2.16. The highest BCUT2D eigenvalue weighted by atomic mass is 127. The van der Waals surface area contributed by atoms with Crippen molar-refractivity contribution in [2.75, 3.05) is 0 Å². The highest BCUT2D eigenvalue weighted by molar-refractivity contribution is 14.1. The van der Waals surface area contributed by atoms with E-state index in [1.807, 2.05) is 48.9 Å². The van der Waals surface area contributed by atoms with E-state index in [2.05, 4.69) is 27.7 Å². The molecular formula is C15H15IN2O. The number of ketones is 1. The van der Waals surface area contributed by atoms with Crippen LogP contribution in [-0.2, 0) is 6.54 Å². The predicted octanol–water partition coefficient (Wildman–Crippen LogP) is 3.71. The van der Waals surface area contributed by atoms with E-state index < -0.39 is 0 Å². The summed E-state index contributed by atoms with van der Waals surface area (Å²) in [6.07, 6.45) is 5.22. The third kappa shape index (κ3) is 3.32. The van der Waals surface area contributed by atoms with Crippen molar-refractivity contribution in [1.82, 2.24) is 9.78 Å². The van der Waals surface area contributed by atoms with Crippen molar-refractivity contribution in [2.24, 2.45) is 0 Å². The number of rotatable bonds is 4. The van der Waals surface area contributed by atoms with Crippen molar-refractivity contribution in [3.63, 3.8) is 0 Å². The van der Waals surface area contributed by atoms with Crippen LogP contribution in [0.3, 0.4) is 0 Å². The molecule has 98 valence electrons. The fraction of sp³-hybridized carbons (Fsp3) is 0.200. The second-order valence-electron chi connectivity index (χ2n) is 4.21. The number of aromatic nitrogens is 2. The van der Waals surface area contributed by atoms with Crippen LogP contribution >= 0.6 is 22.6 Å². The standard InChI is InChI=1S/C15H15IN2O/c1-3-18-11(2)13(10-17-18)6-9-15(19)12-4-7-14(16)8-5-12/h4-10H,3H2,1-2H3. The summed E-state index contributed by atoms with van der Waals surface area (Å²) in [6, 6.07) is 7.55. The van der Waals surface area contributed by atoms with Gasteiger partial charge in [-0.05, 0) is 60.7 Å². The summed E-state index contributed by atoms with van der Waals surface area (Å²) in [5.74, 6) is 0.0139. The van der Waals surface area contributed by atoms with Gasteiger partial charge in [-0.15, -0.1) is 0 Å². The van der Waals surface area contributed by atoms with Crippen molar-refractivity contribution >= 4 is 34.5 Å². The summed E-state index contributed by atoms with van der Waals surface area (Å²) in [6.45, 7) is 4.89.